The molecule has 1 aliphatic carbocycles. The van der Waals surface area contributed by atoms with Crippen LogP contribution in [0.4, 0.5) is 4.79 Å². The molecule has 0 aliphatic heterocycles. The molecule has 0 radical (unpaired) electrons. The van der Waals surface area contributed by atoms with Crippen molar-refractivity contribution in [2.24, 2.45) is 0 Å². The molecular weight excluding hydrogens is 174 g/mol. The van der Waals surface area contributed by atoms with Crippen LogP contribution in [0, 0.1) is 0 Å². The number of carbonyl (C=O) groups is 2. The zero-order valence-electron chi connectivity index (χ0n) is 7.50. The molecule has 0 bridgehead atoms. The number of alkyl carbamates (subject to hydrolysis) is 1. The molecule has 1 saturated carbocycles. The predicted molar refractivity (Wildman–Crippen MR) is 44.4 cm³/mol. The van der Waals surface area contributed by atoms with Crippen molar-refractivity contribution >= 4 is 12.1 Å². The lowest BCUT2D eigenvalue weighted by atomic mass is 9.98. The monoisotopic (exact) mass is 187 g/mol. The molecule has 0 aromatic rings. The first-order valence-electron chi connectivity index (χ1n) is 4.20. The Morgan fingerprint density at radius 2 is 1.92 bits per heavy atom. The van der Waals surface area contributed by atoms with Crippen molar-refractivity contribution in [2.75, 3.05) is 7.11 Å². The first-order valence-corrected chi connectivity index (χ1v) is 4.20. The van der Waals surface area contributed by atoms with Gasteiger partial charge < -0.3 is 15.2 Å². The third-order valence-corrected chi connectivity index (χ3v) is 2.39. The summed E-state index contributed by atoms with van der Waals surface area (Å²) in [5.41, 5.74) is -1.09. The second-order valence-electron chi connectivity index (χ2n) is 3.21. The second kappa shape index (κ2) is 3.64. The fraction of sp³-hybridized carbons (Fsp3) is 0.750. The van der Waals surface area contributed by atoms with E-state index in [4.69, 9.17) is 5.11 Å². The van der Waals surface area contributed by atoms with Crippen LogP contribution in [0.1, 0.15) is 25.7 Å². The standard InChI is InChI=1S/C8H13NO4/c1-13-7(12)9-8(6(10)11)4-2-3-5-8/h2-5H2,1H3,(H,9,12)(H,10,11). The van der Waals surface area contributed by atoms with Gasteiger partial charge in [0.25, 0.3) is 0 Å². The van der Waals surface area contributed by atoms with Crippen molar-refractivity contribution in [1.29, 1.82) is 0 Å². The van der Waals surface area contributed by atoms with Gasteiger partial charge in [-0.25, -0.2) is 9.59 Å². The molecule has 5 nitrogen and oxygen atoms in total. The average Bonchev–Trinajstić information content (AvgIpc) is 2.54. The van der Waals surface area contributed by atoms with E-state index in [0.29, 0.717) is 12.8 Å². The second-order valence-corrected chi connectivity index (χ2v) is 3.21. The van der Waals surface area contributed by atoms with Crippen molar-refractivity contribution in [3.8, 4) is 0 Å². The number of hydrogen-bond acceptors (Lipinski definition) is 3. The van der Waals surface area contributed by atoms with Crippen LogP contribution >= 0.6 is 0 Å². The number of amides is 1. The molecular formula is C8H13NO4. The maximum Gasteiger partial charge on any atom is 0.407 e. The Balaban J connectivity index is 2.68. The molecule has 74 valence electrons. The van der Waals surface area contributed by atoms with Crippen molar-refractivity contribution < 1.29 is 19.4 Å². The van der Waals surface area contributed by atoms with Gasteiger partial charge in [0.05, 0.1) is 7.11 Å². The van der Waals surface area contributed by atoms with Gasteiger partial charge in [-0.15, -0.1) is 0 Å². The largest absolute Gasteiger partial charge is 0.480 e. The fourth-order valence-corrected chi connectivity index (χ4v) is 1.62. The highest BCUT2D eigenvalue weighted by Crippen LogP contribution is 2.29. The van der Waals surface area contributed by atoms with Gasteiger partial charge in [-0.2, -0.15) is 0 Å². The van der Waals surface area contributed by atoms with Gasteiger partial charge in [-0.3, -0.25) is 0 Å². The zero-order chi connectivity index (χ0) is 9.90. The summed E-state index contributed by atoms with van der Waals surface area (Å²) < 4.78 is 4.37. The minimum absolute atomic E-state index is 0.484. The van der Waals surface area contributed by atoms with Crippen LogP contribution in [0.25, 0.3) is 0 Å². The summed E-state index contributed by atoms with van der Waals surface area (Å²) in [6.07, 6.45) is 1.95. The van der Waals surface area contributed by atoms with Gasteiger partial charge in [0.1, 0.15) is 5.54 Å². The van der Waals surface area contributed by atoms with Crippen LogP contribution < -0.4 is 5.32 Å². The van der Waals surface area contributed by atoms with Crippen molar-refractivity contribution in [3.63, 3.8) is 0 Å². The average molecular weight is 187 g/mol. The lowest BCUT2D eigenvalue weighted by molar-refractivity contribution is -0.144. The smallest absolute Gasteiger partial charge is 0.407 e. The minimum Gasteiger partial charge on any atom is -0.480 e. The quantitative estimate of drug-likeness (QED) is 0.668. The summed E-state index contributed by atoms with van der Waals surface area (Å²) in [7, 11) is 1.22. The SMILES string of the molecule is COC(=O)NC1(C(=O)O)CCCC1. The van der Waals surface area contributed by atoms with Crippen molar-refractivity contribution in [3.05, 3.63) is 0 Å². The summed E-state index contributed by atoms with van der Waals surface area (Å²) in [5, 5.41) is 11.3. The maximum atomic E-state index is 10.9. The number of ether oxygens (including phenoxy) is 1. The third kappa shape index (κ3) is 1.91. The molecule has 13 heavy (non-hydrogen) atoms. The fourth-order valence-electron chi connectivity index (χ4n) is 1.62. The molecule has 1 aliphatic rings. The molecule has 0 unspecified atom stereocenters. The van der Waals surface area contributed by atoms with Crippen LogP contribution in [-0.4, -0.2) is 29.8 Å². The molecule has 1 amide bonds. The first-order chi connectivity index (χ1) is 6.10. The van der Waals surface area contributed by atoms with Crippen molar-refractivity contribution in [1.82, 2.24) is 5.32 Å². The highest BCUT2D eigenvalue weighted by molar-refractivity contribution is 5.84. The van der Waals surface area contributed by atoms with E-state index >= 15 is 0 Å². The van der Waals surface area contributed by atoms with Gasteiger partial charge in [0.2, 0.25) is 0 Å². The Hall–Kier alpha value is -1.26. The summed E-state index contributed by atoms with van der Waals surface area (Å²) in [5.74, 6) is -0.976. The van der Waals surface area contributed by atoms with Gasteiger partial charge >= 0.3 is 12.1 Å². The van der Waals surface area contributed by atoms with E-state index in [0.717, 1.165) is 12.8 Å². The van der Waals surface area contributed by atoms with Gasteiger partial charge in [0, 0.05) is 0 Å². The first kappa shape index (κ1) is 9.83. The van der Waals surface area contributed by atoms with Crippen LogP contribution in [-0.2, 0) is 9.53 Å². The van der Waals surface area contributed by atoms with Crippen LogP contribution in [0.5, 0.6) is 0 Å². The number of methoxy groups -OCH3 is 1. The molecule has 1 rings (SSSR count). The predicted octanol–water partition coefficient (Wildman–Crippen LogP) is 0.740. The van der Waals surface area contributed by atoms with Crippen LogP contribution in [0.15, 0.2) is 0 Å². The van der Waals surface area contributed by atoms with E-state index in [1.54, 1.807) is 0 Å². The highest BCUT2D eigenvalue weighted by Gasteiger charge is 2.42. The number of carboxylic acids is 1. The Bertz CT molecular complexity index is 220. The Morgan fingerprint density at radius 3 is 2.31 bits per heavy atom. The molecule has 0 heterocycles. The Labute approximate surface area is 76.1 Å². The van der Waals surface area contributed by atoms with Crippen LogP contribution in [0.3, 0.4) is 0 Å². The lowest BCUT2D eigenvalue weighted by Crippen LogP contribution is -2.52. The van der Waals surface area contributed by atoms with E-state index in [1.807, 2.05) is 0 Å². The van der Waals surface area contributed by atoms with Gasteiger partial charge in [-0.1, -0.05) is 12.8 Å². The van der Waals surface area contributed by atoms with E-state index < -0.39 is 17.6 Å². The number of nitrogens with one attached hydrogen (secondary N) is 1. The molecule has 0 aromatic carbocycles. The molecule has 0 spiro atoms. The van der Waals surface area contributed by atoms with Gasteiger partial charge in [-0.05, 0) is 12.8 Å². The van der Waals surface area contributed by atoms with Crippen molar-refractivity contribution in [2.45, 2.75) is 31.2 Å². The number of carbonyl (C=O) groups excluding carboxylic acids is 1. The summed E-state index contributed by atoms with van der Waals surface area (Å²) in [6, 6.07) is 0. The topological polar surface area (TPSA) is 75.6 Å². The van der Waals surface area contributed by atoms with E-state index in [9.17, 15) is 9.59 Å². The molecule has 1 fully saturated rings. The molecule has 5 heteroatoms. The Kier molecular flexibility index (Phi) is 2.75. The van der Waals surface area contributed by atoms with E-state index in [-0.39, 0.29) is 0 Å². The zero-order valence-corrected chi connectivity index (χ0v) is 7.50. The maximum absolute atomic E-state index is 10.9. The normalized spacial score (nSPS) is 19.5. The number of rotatable bonds is 2. The summed E-state index contributed by atoms with van der Waals surface area (Å²) in [4.78, 5) is 21.8. The molecule has 0 saturated heterocycles. The molecule has 0 aromatic heterocycles. The Morgan fingerprint density at radius 1 is 1.38 bits per heavy atom. The number of carboxylic acid groups (broad SMARTS) is 1. The third-order valence-electron chi connectivity index (χ3n) is 2.39. The number of aliphatic carboxylic acids is 1. The number of hydrogen-bond donors (Lipinski definition) is 2. The summed E-state index contributed by atoms with van der Waals surface area (Å²) in [6.45, 7) is 0. The molecule has 0 atom stereocenters. The lowest BCUT2D eigenvalue weighted by Gasteiger charge is -2.24. The highest BCUT2D eigenvalue weighted by atomic mass is 16.5. The van der Waals surface area contributed by atoms with Gasteiger partial charge in [0.15, 0.2) is 0 Å². The minimum atomic E-state index is -1.09. The van der Waals surface area contributed by atoms with E-state index in [2.05, 4.69) is 10.1 Å². The molecule has 2 N–H and O–H groups in total. The summed E-state index contributed by atoms with van der Waals surface area (Å²) >= 11 is 0. The van der Waals surface area contributed by atoms with E-state index in [1.165, 1.54) is 7.11 Å². The van der Waals surface area contributed by atoms with Crippen LogP contribution in [0.2, 0.25) is 0 Å².